The number of amides is 2. The molecule has 3 aromatic rings. The van der Waals surface area contributed by atoms with Gasteiger partial charge in [0.2, 0.25) is 10.0 Å². The number of alkyl halides is 3. The number of sulfonamides is 1. The van der Waals surface area contributed by atoms with Gasteiger partial charge in [0, 0.05) is 30.1 Å². The molecule has 3 N–H and O–H groups in total. The minimum Gasteiger partial charge on any atom is -0.339 e. The van der Waals surface area contributed by atoms with Crippen LogP contribution in [0.15, 0.2) is 58.8 Å². The van der Waals surface area contributed by atoms with Crippen LogP contribution in [0.3, 0.4) is 0 Å². The second-order valence-corrected chi connectivity index (χ2v) is 10.7. The van der Waals surface area contributed by atoms with E-state index in [0.717, 1.165) is 6.07 Å². The Morgan fingerprint density at radius 2 is 1.78 bits per heavy atom. The van der Waals surface area contributed by atoms with Crippen molar-refractivity contribution in [2.24, 2.45) is 5.14 Å². The average molecular weight is 539 g/mol. The lowest BCUT2D eigenvalue weighted by atomic mass is 9.96. The van der Waals surface area contributed by atoms with Crippen LogP contribution in [0, 0.1) is 0 Å². The zero-order valence-electron chi connectivity index (χ0n) is 18.7. The van der Waals surface area contributed by atoms with Crippen molar-refractivity contribution in [1.82, 2.24) is 9.88 Å². The number of likely N-dealkylation sites (tertiary alicyclic amines) is 1. The summed E-state index contributed by atoms with van der Waals surface area (Å²) in [7, 11) is -3.92. The largest absolute Gasteiger partial charge is 0.417 e. The molecule has 0 unspecified atom stereocenters. The molecular formula is C23H21F3N4O4S2. The Bertz CT molecular complexity index is 1400. The molecule has 1 fully saturated rings. The predicted octanol–water partition coefficient (Wildman–Crippen LogP) is 4.08. The molecule has 0 saturated carbocycles. The van der Waals surface area contributed by atoms with Gasteiger partial charge in [0.25, 0.3) is 11.8 Å². The number of hydrogen-bond acceptors (Lipinski definition) is 6. The number of carbonyl (C=O) groups is 2. The van der Waals surface area contributed by atoms with Gasteiger partial charge in [0.15, 0.2) is 0 Å². The van der Waals surface area contributed by atoms with Crippen molar-refractivity contribution in [2.75, 3.05) is 18.4 Å². The Morgan fingerprint density at radius 3 is 2.44 bits per heavy atom. The molecule has 36 heavy (non-hydrogen) atoms. The minimum atomic E-state index is -4.62. The maximum atomic E-state index is 13.3. The van der Waals surface area contributed by atoms with Gasteiger partial charge >= 0.3 is 6.18 Å². The summed E-state index contributed by atoms with van der Waals surface area (Å²) in [5.74, 6) is -1.24. The van der Waals surface area contributed by atoms with Crippen molar-refractivity contribution in [3.05, 3.63) is 75.7 Å². The summed E-state index contributed by atoms with van der Waals surface area (Å²) < 4.78 is 62.9. The number of primary sulfonamides is 1. The summed E-state index contributed by atoms with van der Waals surface area (Å²) in [6, 6.07) is 10.2. The van der Waals surface area contributed by atoms with E-state index in [2.05, 4.69) is 10.3 Å². The molecular weight excluding hydrogens is 517 g/mol. The highest BCUT2D eigenvalue weighted by Crippen LogP contribution is 2.34. The lowest BCUT2D eigenvalue weighted by Gasteiger charge is -2.31. The first-order chi connectivity index (χ1) is 16.9. The van der Waals surface area contributed by atoms with Crippen LogP contribution in [0.5, 0.6) is 0 Å². The molecule has 1 aromatic heterocycles. The van der Waals surface area contributed by atoms with Crippen LogP contribution in [0.2, 0.25) is 0 Å². The number of halogens is 3. The molecule has 1 aliphatic rings. The van der Waals surface area contributed by atoms with E-state index in [1.807, 2.05) is 0 Å². The second-order valence-electron chi connectivity index (χ2n) is 8.21. The zero-order chi connectivity index (χ0) is 26.1. The summed E-state index contributed by atoms with van der Waals surface area (Å²) in [5.41, 5.74) is -0.939. The van der Waals surface area contributed by atoms with Gasteiger partial charge in [-0.15, -0.1) is 11.3 Å². The molecule has 2 amide bonds. The van der Waals surface area contributed by atoms with E-state index in [1.54, 1.807) is 5.38 Å². The van der Waals surface area contributed by atoms with Crippen LogP contribution in [0.1, 0.15) is 50.2 Å². The minimum absolute atomic E-state index is 0.0517. The van der Waals surface area contributed by atoms with Gasteiger partial charge in [-0.1, -0.05) is 18.2 Å². The van der Waals surface area contributed by atoms with Gasteiger partial charge < -0.3 is 10.2 Å². The van der Waals surface area contributed by atoms with Crippen molar-refractivity contribution in [1.29, 1.82) is 0 Å². The summed E-state index contributed by atoms with van der Waals surface area (Å²) in [4.78, 5) is 31.0. The van der Waals surface area contributed by atoms with Gasteiger partial charge in [0.1, 0.15) is 5.69 Å². The van der Waals surface area contributed by atoms with E-state index in [0.29, 0.717) is 17.8 Å². The van der Waals surface area contributed by atoms with E-state index in [9.17, 15) is 31.2 Å². The molecule has 0 bridgehead atoms. The normalized spacial score (nSPS) is 15.1. The van der Waals surface area contributed by atoms with Crippen molar-refractivity contribution in [2.45, 2.75) is 29.8 Å². The Hall–Kier alpha value is -3.29. The maximum absolute atomic E-state index is 13.3. The van der Waals surface area contributed by atoms with Gasteiger partial charge in [0.05, 0.1) is 21.0 Å². The highest BCUT2D eigenvalue weighted by atomic mass is 32.2. The standard InChI is InChI=1S/C23H21F3N4O4S2/c24-23(25,26)18-7-2-1-6-17(18)22(32)30-10-8-14(9-11-30)21-29-19(13-35-21)20(31)28-15-4-3-5-16(12-15)36(27,33)34/h1-7,12-14H,8-11H2,(H,28,31)(H2,27,33,34). The first kappa shape index (κ1) is 25.8. The second kappa shape index (κ2) is 9.99. The van der Waals surface area contributed by atoms with Crippen LogP contribution in [-0.4, -0.2) is 43.2 Å². The number of thiazole rings is 1. The fourth-order valence-corrected chi connectivity index (χ4v) is 5.47. The van der Waals surface area contributed by atoms with Crippen molar-refractivity contribution in [3.8, 4) is 0 Å². The molecule has 0 atom stereocenters. The molecule has 2 aromatic carbocycles. The number of nitrogens with one attached hydrogen (secondary N) is 1. The monoisotopic (exact) mass is 538 g/mol. The first-order valence-electron chi connectivity index (χ1n) is 10.8. The number of hydrogen-bond donors (Lipinski definition) is 2. The highest BCUT2D eigenvalue weighted by Gasteiger charge is 2.36. The lowest BCUT2D eigenvalue weighted by molar-refractivity contribution is -0.138. The number of aromatic nitrogens is 1. The molecule has 1 saturated heterocycles. The summed E-state index contributed by atoms with van der Waals surface area (Å²) >= 11 is 1.27. The fourth-order valence-electron chi connectivity index (χ4n) is 3.94. The average Bonchev–Trinajstić information content (AvgIpc) is 3.33. The number of nitrogens with two attached hydrogens (primary N) is 1. The van der Waals surface area contributed by atoms with Crippen LogP contribution in [0.25, 0.3) is 0 Å². The van der Waals surface area contributed by atoms with Crippen molar-refractivity contribution >= 4 is 38.9 Å². The SMILES string of the molecule is NS(=O)(=O)c1cccc(NC(=O)c2csc(C3CCN(C(=O)c4ccccc4C(F)(F)F)CC3)n2)c1. The number of rotatable bonds is 5. The highest BCUT2D eigenvalue weighted by molar-refractivity contribution is 7.89. The van der Waals surface area contributed by atoms with Gasteiger partial charge in [-0.25, -0.2) is 18.5 Å². The molecule has 0 aliphatic carbocycles. The maximum Gasteiger partial charge on any atom is 0.417 e. The number of nitrogens with zero attached hydrogens (tertiary/aromatic N) is 2. The predicted molar refractivity (Wildman–Crippen MR) is 127 cm³/mol. The van der Waals surface area contributed by atoms with Gasteiger partial charge in [-0.2, -0.15) is 13.2 Å². The molecule has 1 aliphatic heterocycles. The zero-order valence-corrected chi connectivity index (χ0v) is 20.3. The van der Waals surface area contributed by atoms with Crippen LogP contribution >= 0.6 is 11.3 Å². The molecule has 13 heteroatoms. The Labute approximate surface area is 209 Å². The van der Waals surface area contributed by atoms with Gasteiger partial charge in [-0.3, -0.25) is 9.59 Å². The number of benzene rings is 2. The van der Waals surface area contributed by atoms with Crippen molar-refractivity contribution in [3.63, 3.8) is 0 Å². The fraction of sp³-hybridized carbons (Fsp3) is 0.261. The van der Waals surface area contributed by atoms with E-state index in [1.165, 1.54) is 58.7 Å². The van der Waals surface area contributed by atoms with Crippen LogP contribution in [0.4, 0.5) is 18.9 Å². The van der Waals surface area contributed by atoms with Crippen LogP contribution in [-0.2, 0) is 16.2 Å². The molecule has 2 heterocycles. The summed E-state index contributed by atoms with van der Waals surface area (Å²) in [5, 5.41) is 9.96. The van der Waals surface area contributed by atoms with E-state index in [4.69, 9.17) is 5.14 Å². The van der Waals surface area contributed by atoms with Crippen LogP contribution < -0.4 is 10.5 Å². The third-order valence-electron chi connectivity index (χ3n) is 5.77. The Morgan fingerprint density at radius 1 is 1.08 bits per heavy atom. The summed E-state index contributed by atoms with van der Waals surface area (Å²) in [6.07, 6.45) is -3.64. The third kappa shape index (κ3) is 5.74. The van der Waals surface area contributed by atoms with E-state index in [-0.39, 0.29) is 40.8 Å². The van der Waals surface area contributed by atoms with Gasteiger partial charge in [-0.05, 0) is 43.2 Å². The first-order valence-corrected chi connectivity index (χ1v) is 13.2. The third-order valence-corrected chi connectivity index (χ3v) is 7.69. The Balaban J connectivity index is 1.39. The van der Waals surface area contributed by atoms with Crippen molar-refractivity contribution < 1.29 is 31.2 Å². The molecule has 8 nitrogen and oxygen atoms in total. The lowest BCUT2D eigenvalue weighted by Crippen LogP contribution is -2.38. The smallest absolute Gasteiger partial charge is 0.339 e. The quantitative estimate of drug-likeness (QED) is 0.507. The number of anilines is 1. The topological polar surface area (TPSA) is 122 Å². The number of carbonyl (C=O) groups excluding carboxylic acids is 2. The van der Waals surface area contributed by atoms with E-state index < -0.39 is 33.6 Å². The molecule has 4 rings (SSSR count). The van der Waals surface area contributed by atoms with E-state index >= 15 is 0 Å². The molecule has 0 spiro atoms. The molecule has 190 valence electrons. The Kier molecular flexibility index (Phi) is 7.16. The molecule has 0 radical (unpaired) electrons. The number of piperidine rings is 1. The summed E-state index contributed by atoms with van der Waals surface area (Å²) in [6.45, 7) is 0.522.